The van der Waals surface area contributed by atoms with Crippen LogP contribution in [0.5, 0.6) is 0 Å². The molecule has 5 nitrogen and oxygen atoms in total. The average molecular weight is 435 g/mol. The number of rotatable bonds is 3. The summed E-state index contributed by atoms with van der Waals surface area (Å²) in [5.41, 5.74) is 1.22. The van der Waals surface area contributed by atoms with E-state index in [9.17, 15) is 4.79 Å². The number of aromatic nitrogens is 2. The Morgan fingerprint density at radius 2 is 1.81 bits per heavy atom. The number of piperidine rings is 2. The van der Waals surface area contributed by atoms with Crippen LogP contribution in [0.1, 0.15) is 44.9 Å². The lowest BCUT2D eigenvalue weighted by atomic mass is 9.93. The highest BCUT2D eigenvalue weighted by Crippen LogP contribution is 2.37. The van der Waals surface area contributed by atoms with E-state index in [1.54, 1.807) is 11.3 Å². The topological polar surface area (TPSA) is 49.3 Å². The van der Waals surface area contributed by atoms with Crippen LogP contribution in [0.25, 0.3) is 20.7 Å². The zero-order valence-corrected chi connectivity index (χ0v) is 19.2. The summed E-state index contributed by atoms with van der Waals surface area (Å²) in [5, 5.41) is 1.13. The smallest absolute Gasteiger partial charge is 0.226 e. The van der Waals surface area contributed by atoms with Gasteiger partial charge < -0.3 is 9.80 Å². The third kappa shape index (κ3) is 4.05. The van der Waals surface area contributed by atoms with Crippen LogP contribution in [0, 0.1) is 12.8 Å². The minimum atomic E-state index is 0.151. The molecule has 2 aliphatic rings. The number of fused-ring (bicyclic) bond motifs is 1. The second-order valence-electron chi connectivity index (χ2n) is 8.93. The lowest BCUT2D eigenvalue weighted by Crippen LogP contribution is -2.48. The van der Waals surface area contributed by atoms with Gasteiger partial charge in [-0.05, 0) is 57.6 Å². The number of hydrogen-bond donors (Lipinski definition) is 0. The molecule has 1 aromatic carbocycles. The van der Waals surface area contributed by atoms with E-state index in [4.69, 9.17) is 9.97 Å². The Balaban J connectivity index is 1.36. The molecular formula is C25H30N4OS. The predicted molar refractivity (Wildman–Crippen MR) is 128 cm³/mol. The first kappa shape index (κ1) is 20.4. The monoisotopic (exact) mass is 434 g/mol. The van der Waals surface area contributed by atoms with Gasteiger partial charge in [0.1, 0.15) is 16.5 Å². The molecule has 6 heteroatoms. The van der Waals surface area contributed by atoms with Gasteiger partial charge in [0.25, 0.3) is 0 Å². The predicted octanol–water partition coefficient (Wildman–Crippen LogP) is 5.28. The molecule has 0 aliphatic carbocycles. The first-order valence-corrected chi connectivity index (χ1v) is 12.3. The first-order chi connectivity index (χ1) is 15.1. The Hall–Kier alpha value is -2.47. The van der Waals surface area contributed by atoms with E-state index in [2.05, 4.69) is 47.1 Å². The van der Waals surface area contributed by atoms with Gasteiger partial charge in [-0.15, -0.1) is 11.3 Å². The number of likely N-dealkylation sites (tertiary alicyclic amines) is 1. The average Bonchev–Trinajstić information content (AvgIpc) is 3.23. The molecule has 2 aliphatic heterocycles. The van der Waals surface area contributed by atoms with Crippen molar-refractivity contribution in [1.29, 1.82) is 0 Å². The van der Waals surface area contributed by atoms with Crippen molar-refractivity contribution in [2.24, 2.45) is 5.92 Å². The third-order valence-corrected chi connectivity index (χ3v) is 7.85. The summed E-state index contributed by atoms with van der Waals surface area (Å²) in [6.07, 6.45) is 5.35. The summed E-state index contributed by atoms with van der Waals surface area (Å²) in [6.45, 7) is 6.86. The van der Waals surface area contributed by atoms with Crippen LogP contribution in [-0.4, -0.2) is 46.5 Å². The van der Waals surface area contributed by atoms with Crippen LogP contribution < -0.4 is 4.90 Å². The Labute approximate surface area is 188 Å². The Morgan fingerprint density at radius 3 is 2.55 bits per heavy atom. The summed E-state index contributed by atoms with van der Waals surface area (Å²) in [5.74, 6) is 2.36. The highest BCUT2D eigenvalue weighted by atomic mass is 32.1. The van der Waals surface area contributed by atoms with Crippen LogP contribution in [-0.2, 0) is 4.79 Å². The number of carbonyl (C=O) groups is 1. The molecule has 1 amide bonds. The molecule has 1 atom stereocenters. The van der Waals surface area contributed by atoms with Crippen molar-refractivity contribution in [2.75, 3.05) is 24.5 Å². The fraction of sp³-hybridized carbons (Fsp3) is 0.480. The molecule has 0 spiro atoms. The molecule has 0 bridgehead atoms. The van der Waals surface area contributed by atoms with E-state index in [1.807, 2.05) is 13.0 Å². The molecule has 31 heavy (non-hydrogen) atoms. The zero-order valence-electron chi connectivity index (χ0n) is 18.4. The van der Waals surface area contributed by atoms with Crippen molar-refractivity contribution in [2.45, 2.75) is 52.0 Å². The molecule has 5 rings (SSSR count). The molecule has 0 N–H and O–H groups in total. The van der Waals surface area contributed by atoms with E-state index in [-0.39, 0.29) is 5.92 Å². The maximum Gasteiger partial charge on any atom is 0.226 e. The van der Waals surface area contributed by atoms with Crippen LogP contribution >= 0.6 is 11.3 Å². The van der Waals surface area contributed by atoms with E-state index in [0.29, 0.717) is 11.9 Å². The number of benzene rings is 1. The molecule has 3 aromatic rings. The molecule has 2 saturated heterocycles. The van der Waals surface area contributed by atoms with Crippen molar-refractivity contribution < 1.29 is 4.79 Å². The quantitative estimate of drug-likeness (QED) is 0.562. The zero-order chi connectivity index (χ0) is 21.4. The third-order valence-electron chi connectivity index (χ3n) is 6.77. The van der Waals surface area contributed by atoms with Crippen molar-refractivity contribution >= 4 is 33.3 Å². The van der Waals surface area contributed by atoms with Gasteiger partial charge in [-0.1, -0.05) is 30.3 Å². The molecule has 2 fully saturated rings. The SMILES string of the molecule is Cc1nc(N2CCC(C(=O)N3CCCCC3C)CC2)c2cc(-c3ccccc3)sc2n1. The van der Waals surface area contributed by atoms with Gasteiger partial charge in [0.15, 0.2) is 0 Å². The number of nitrogens with zero attached hydrogens (tertiary/aromatic N) is 4. The van der Waals surface area contributed by atoms with Crippen molar-refractivity contribution in [3.05, 3.63) is 42.2 Å². The fourth-order valence-electron chi connectivity index (χ4n) is 4.99. The van der Waals surface area contributed by atoms with Crippen molar-refractivity contribution in [3.63, 3.8) is 0 Å². The summed E-state index contributed by atoms with van der Waals surface area (Å²) in [6, 6.07) is 13.1. The molecule has 0 radical (unpaired) electrons. The number of hydrogen-bond acceptors (Lipinski definition) is 5. The van der Waals surface area contributed by atoms with Crippen LogP contribution in [0.15, 0.2) is 36.4 Å². The lowest BCUT2D eigenvalue weighted by molar-refractivity contribution is -0.139. The number of thiophene rings is 1. The molecule has 0 saturated carbocycles. The van der Waals surface area contributed by atoms with Gasteiger partial charge in [-0.25, -0.2) is 9.97 Å². The number of amides is 1. The van der Waals surface area contributed by atoms with Gasteiger partial charge in [-0.2, -0.15) is 0 Å². The van der Waals surface area contributed by atoms with E-state index in [0.717, 1.165) is 67.2 Å². The second kappa shape index (κ2) is 8.58. The Bertz CT molecular complexity index is 1070. The fourth-order valence-corrected chi connectivity index (χ4v) is 6.07. The minimum Gasteiger partial charge on any atom is -0.356 e. The van der Waals surface area contributed by atoms with Crippen LogP contribution in [0.4, 0.5) is 5.82 Å². The second-order valence-corrected chi connectivity index (χ2v) is 9.96. The van der Waals surface area contributed by atoms with Crippen molar-refractivity contribution in [1.82, 2.24) is 14.9 Å². The summed E-state index contributed by atoms with van der Waals surface area (Å²) in [7, 11) is 0. The largest absolute Gasteiger partial charge is 0.356 e. The van der Waals surface area contributed by atoms with Crippen LogP contribution in [0.3, 0.4) is 0 Å². The number of aryl methyl sites for hydroxylation is 1. The molecule has 4 heterocycles. The van der Waals surface area contributed by atoms with Gasteiger partial charge in [-0.3, -0.25) is 4.79 Å². The molecular weight excluding hydrogens is 404 g/mol. The summed E-state index contributed by atoms with van der Waals surface area (Å²) >= 11 is 1.73. The molecule has 1 unspecified atom stereocenters. The normalized spacial score (nSPS) is 20.4. The lowest BCUT2D eigenvalue weighted by Gasteiger charge is -2.39. The maximum atomic E-state index is 13.1. The van der Waals surface area contributed by atoms with Gasteiger partial charge in [0.05, 0.1) is 5.39 Å². The highest BCUT2D eigenvalue weighted by Gasteiger charge is 2.32. The Morgan fingerprint density at radius 1 is 1.03 bits per heavy atom. The van der Waals surface area contributed by atoms with E-state index >= 15 is 0 Å². The van der Waals surface area contributed by atoms with Gasteiger partial charge in [0, 0.05) is 36.5 Å². The number of anilines is 1. The molecule has 2 aromatic heterocycles. The highest BCUT2D eigenvalue weighted by molar-refractivity contribution is 7.21. The Kier molecular flexibility index (Phi) is 5.65. The van der Waals surface area contributed by atoms with Gasteiger partial charge >= 0.3 is 0 Å². The maximum absolute atomic E-state index is 13.1. The summed E-state index contributed by atoms with van der Waals surface area (Å²) in [4.78, 5) is 29.4. The number of carbonyl (C=O) groups excluding carboxylic acids is 1. The molecule has 162 valence electrons. The minimum absolute atomic E-state index is 0.151. The van der Waals surface area contributed by atoms with E-state index in [1.165, 1.54) is 16.9 Å². The van der Waals surface area contributed by atoms with Crippen LogP contribution in [0.2, 0.25) is 0 Å². The first-order valence-electron chi connectivity index (χ1n) is 11.5. The standard InChI is InChI=1S/C25H30N4OS/c1-17-8-6-7-13-29(17)25(30)20-11-14-28(15-12-20)23-21-16-22(19-9-4-3-5-10-19)31-24(21)27-18(2)26-23/h3-5,9-10,16-17,20H,6-8,11-15H2,1-2H3. The van der Waals surface area contributed by atoms with Gasteiger partial charge in [0.2, 0.25) is 5.91 Å². The van der Waals surface area contributed by atoms with Crippen molar-refractivity contribution in [3.8, 4) is 10.4 Å². The van der Waals surface area contributed by atoms with E-state index < -0.39 is 0 Å². The summed E-state index contributed by atoms with van der Waals surface area (Å²) < 4.78 is 0.